The Bertz CT molecular complexity index is 404. The van der Waals surface area contributed by atoms with Crippen molar-refractivity contribution in [3.63, 3.8) is 0 Å². The third kappa shape index (κ3) is 3.55. The number of rotatable bonds is 6. The van der Waals surface area contributed by atoms with Gasteiger partial charge in [0.05, 0.1) is 6.33 Å². The third-order valence-corrected chi connectivity index (χ3v) is 3.83. The first-order valence-corrected chi connectivity index (χ1v) is 7.62. The van der Waals surface area contributed by atoms with E-state index in [1.54, 1.807) is 0 Å². The molecule has 1 rings (SSSR count). The fraction of sp³-hybridized carbons (Fsp3) is 0.636. The molecule has 0 aliphatic rings. The van der Waals surface area contributed by atoms with Gasteiger partial charge in [-0.05, 0) is 28.8 Å². The van der Waals surface area contributed by atoms with Crippen molar-refractivity contribution in [1.82, 2.24) is 9.97 Å². The number of halogens is 2. The summed E-state index contributed by atoms with van der Waals surface area (Å²) in [5.74, 6) is 0.724. The molecule has 0 bridgehead atoms. The number of aromatic amines is 1. The van der Waals surface area contributed by atoms with Crippen molar-refractivity contribution in [2.45, 2.75) is 32.7 Å². The molecule has 96 valence electrons. The molecule has 17 heavy (non-hydrogen) atoms. The normalized spacial score (nSPS) is 10.9. The minimum absolute atomic E-state index is 0.138. The number of anilines is 1. The Balaban J connectivity index is 3.13. The molecule has 1 heterocycles. The molecule has 4 nitrogen and oxygen atoms in total. The second kappa shape index (κ2) is 7.16. The van der Waals surface area contributed by atoms with Crippen LogP contribution in [0.4, 0.5) is 5.82 Å². The smallest absolute Gasteiger partial charge is 0.267 e. The van der Waals surface area contributed by atoms with E-state index in [0.29, 0.717) is 10.5 Å². The zero-order valence-corrected chi connectivity index (χ0v) is 13.2. The summed E-state index contributed by atoms with van der Waals surface area (Å²) in [5.41, 5.74) is -0.138. The highest BCUT2D eigenvalue weighted by atomic mass is 79.9. The van der Waals surface area contributed by atoms with Crippen LogP contribution >= 0.6 is 31.9 Å². The summed E-state index contributed by atoms with van der Waals surface area (Å²) in [7, 11) is 0. The predicted octanol–water partition coefficient (Wildman–Crippen LogP) is 2.92. The fourth-order valence-corrected chi connectivity index (χ4v) is 2.68. The summed E-state index contributed by atoms with van der Waals surface area (Å²) in [6.07, 6.45) is 3.51. The number of nitrogens with one attached hydrogen (secondary N) is 1. The molecule has 0 saturated heterocycles. The summed E-state index contributed by atoms with van der Waals surface area (Å²) in [5, 5.41) is 0.852. The van der Waals surface area contributed by atoms with Crippen molar-refractivity contribution < 1.29 is 0 Å². The number of alkyl halides is 1. The Morgan fingerprint density at radius 2 is 2.12 bits per heavy atom. The Hall–Kier alpha value is -0.360. The monoisotopic (exact) mass is 365 g/mol. The molecule has 6 heteroatoms. The number of hydrogen-bond donors (Lipinski definition) is 1. The molecular formula is C11H17Br2N3O. The van der Waals surface area contributed by atoms with E-state index in [0.717, 1.165) is 30.5 Å². The molecule has 0 fully saturated rings. The maximum Gasteiger partial charge on any atom is 0.267 e. The van der Waals surface area contributed by atoms with E-state index < -0.39 is 0 Å². The van der Waals surface area contributed by atoms with E-state index in [1.165, 1.54) is 6.33 Å². The third-order valence-electron chi connectivity index (χ3n) is 2.76. The summed E-state index contributed by atoms with van der Waals surface area (Å²) in [6.45, 7) is 5.13. The molecule has 0 saturated carbocycles. The molecule has 1 aromatic rings. The Morgan fingerprint density at radius 3 is 2.65 bits per heavy atom. The van der Waals surface area contributed by atoms with Gasteiger partial charge in [-0.15, -0.1) is 0 Å². The second-order valence-electron chi connectivity index (χ2n) is 3.72. The van der Waals surface area contributed by atoms with E-state index in [1.807, 2.05) is 0 Å². The summed E-state index contributed by atoms with van der Waals surface area (Å²) in [4.78, 5) is 20.6. The van der Waals surface area contributed by atoms with Gasteiger partial charge in [0.15, 0.2) is 5.82 Å². The van der Waals surface area contributed by atoms with E-state index >= 15 is 0 Å². The quantitative estimate of drug-likeness (QED) is 0.787. The maximum absolute atomic E-state index is 11.6. The fourth-order valence-electron chi connectivity index (χ4n) is 1.86. The Labute approximate surface area is 118 Å². The van der Waals surface area contributed by atoms with E-state index in [9.17, 15) is 4.79 Å². The topological polar surface area (TPSA) is 49.0 Å². The van der Waals surface area contributed by atoms with Gasteiger partial charge in [0.2, 0.25) is 0 Å². The van der Waals surface area contributed by atoms with E-state index in [-0.39, 0.29) is 5.56 Å². The molecule has 0 unspecified atom stereocenters. The molecule has 0 atom stereocenters. The van der Waals surface area contributed by atoms with Gasteiger partial charge in [0.25, 0.3) is 5.56 Å². The second-order valence-corrected chi connectivity index (χ2v) is 5.31. The largest absolute Gasteiger partial charge is 0.352 e. The van der Waals surface area contributed by atoms with Crippen LogP contribution in [0, 0.1) is 0 Å². The van der Waals surface area contributed by atoms with Crippen LogP contribution < -0.4 is 10.5 Å². The molecule has 0 amide bonds. The van der Waals surface area contributed by atoms with Gasteiger partial charge in [-0.1, -0.05) is 29.8 Å². The maximum atomic E-state index is 11.6. The highest BCUT2D eigenvalue weighted by Crippen LogP contribution is 2.23. The van der Waals surface area contributed by atoms with Gasteiger partial charge in [-0.25, -0.2) is 4.98 Å². The summed E-state index contributed by atoms with van der Waals surface area (Å²) < 4.78 is 0.507. The van der Waals surface area contributed by atoms with Crippen LogP contribution in [0.1, 0.15) is 26.7 Å². The Morgan fingerprint density at radius 1 is 1.47 bits per heavy atom. The lowest BCUT2D eigenvalue weighted by atomic mass is 10.1. The van der Waals surface area contributed by atoms with Crippen molar-refractivity contribution in [3.05, 3.63) is 21.2 Å². The molecule has 0 radical (unpaired) electrons. The number of hydrogen-bond acceptors (Lipinski definition) is 3. The minimum atomic E-state index is -0.138. The molecule has 1 N–H and O–H groups in total. The van der Waals surface area contributed by atoms with Gasteiger partial charge in [-0.2, -0.15) is 0 Å². The molecule has 0 spiro atoms. The van der Waals surface area contributed by atoms with Crippen molar-refractivity contribution in [3.8, 4) is 0 Å². The van der Waals surface area contributed by atoms with Gasteiger partial charge in [-0.3, -0.25) is 4.79 Å². The van der Waals surface area contributed by atoms with Crippen molar-refractivity contribution in [2.75, 3.05) is 16.8 Å². The van der Waals surface area contributed by atoms with E-state index in [4.69, 9.17) is 0 Å². The predicted molar refractivity (Wildman–Crippen MR) is 78.1 cm³/mol. The number of aromatic nitrogens is 2. The first kappa shape index (κ1) is 14.7. The van der Waals surface area contributed by atoms with Gasteiger partial charge in [0, 0.05) is 17.9 Å². The summed E-state index contributed by atoms with van der Waals surface area (Å²) >= 11 is 6.76. The lowest BCUT2D eigenvalue weighted by molar-refractivity contribution is 0.562. The molecule has 0 aliphatic heterocycles. The highest BCUT2D eigenvalue weighted by Gasteiger charge is 2.19. The zero-order valence-electron chi connectivity index (χ0n) is 10.0. The van der Waals surface area contributed by atoms with Crippen LogP contribution in [-0.2, 0) is 0 Å². The molecule has 1 aromatic heterocycles. The van der Waals surface area contributed by atoms with Crippen LogP contribution in [0.15, 0.2) is 15.6 Å². The van der Waals surface area contributed by atoms with Crippen LogP contribution in [-0.4, -0.2) is 27.9 Å². The van der Waals surface area contributed by atoms with Crippen LogP contribution in [0.5, 0.6) is 0 Å². The summed E-state index contributed by atoms with van der Waals surface area (Å²) in [6, 6.07) is 0.401. The van der Waals surface area contributed by atoms with E-state index in [2.05, 4.69) is 60.6 Å². The lowest BCUT2D eigenvalue weighted by Crippen LogP contribution is -2.37. The zero-order chi connectivity index (χ0) is 12.8. The van der Waals surface area contributed by atoms with Crippen LogP contribution in [0.3, 0.4) is 0 Å². The average Bonchev–Trinajstić information content (AvgIpc) is 2.33. The van der Waals surface area contributed by atoms with Crippen molar-refractivity contribution in [2.24, 2.45) is 0 Å². The standard InChI is InChI=1S/C11H17Br2N3O/c1-3-8(4-2)16(6-5-12)10-9(13)11(17)15-7-14-10/h7-8H,3-6H2,1-2H3,(H,14,15,17). The van der Waals surface area contributed by atoms with Gasteiger partial charge >= 0.3 is 0 Å². The molecule has 0 aromatic carbocycles. The van der Waals surface area contributed by atoms with Crippen LogP contribution in [0.25, 0.3) is 0 Å². The first-order chi connectivity index (χ1) is 8.15. The molecular weight excluding hydrogens is 350 g/mol. The highest BCUT2D eigenvalue weighted by molar-refractivity contribution is 9.10. The van der Waals surface area contributed by atoms with Crippen LogP contribution in [0.2, 0.25) is 0 Å². The van der Waals surface area contributed by atoms with Gasteiger partial charge < -0.3 is 9.88 Å². The first-order valence-electron chi connectivity index (χ1n) is 5.71. The molecule has 0 aliphatic carbocycles. The van der Waals surface area contributed by atoms with Crippen molar-refractivity contribution >= 4 is 37.7 Å². The number of H-pyrrole nitrogens is 1. The SMILES string of the molecule is CCC(CC)N(CCBr)c1nc[nH]c(=O)c1Br. The average molecular weight is 367 g/mol. The number of nitrogens with zero attached hydrogens (tertiary/aromatic N) is 2. The van der Waals surface area contributed by atoms with Gasteiger partial charge in [0.1, 0.15) is 4.47 Å². The van der Waals surface area contributed by atoms with Crippen molar-refractivity contribution in [1.29, 1.82) is 0 Å². The minimum Gasteiger partial charge on any atom is -0.352 e. The Kier molecular flexibility index (Phi) is 6.19. The lowest BCUT2D eigenvalue weighted by Gasteiger charge is -2.31.